The van der Waals surface area contributed by atoms with Gasteiger partial charge in [0.05, 0.1) is 6.26 Å². The number of aromatic nitrogens is 2. The van der Waals surface area contributed by atoms with Gasteiger partial charge in [0.15, 0.2) is 0 Å². The Kier molecular flexibility index (Phi) is 5.41. The second-order valence-electron chi connectivity index (χ2n) is 7.18. The smallest absolute Gasteiger partial charge is 0.316 e. The topological polar surface area (TPSA) is 84.4 Å². The zero-order valence-electron chi connectivity index (χ0n) is 15.9. The Morgan fingerprint density at radius 2 is 1.96 bits per heavy atom. The molecule has 3 heterocycles. The van der Waals surface area contributed by atoms with Gasteiger partial charge in [0, 0.05) is 36.8 Å². The molecule has 28 heavy (non-hydrogen) atoms. The van der Waals surface area contributed by atoms with Crippen molar-refractivity contribution in [1.82, 2.24) is 15.5 Å². The molecule has 1 fully saturated rings. The molecule has 0 spiro atoms. The van der Waals surface area contributed by atoms with Crippen LogP contribution in [0.25, 0.3) is 11.4 Å². The number of nitrogens with one attached hydrogen (secondary N) is 1. The number of piperidine rings is 1. The molecule has 1 aliphatic rings. The van der Waals surface area contributed by atoms with E-state index in [2.05, 4.69) is 32.5 Å². The number of rotatable bonds is 6. The van der Waals surface area contributed by atoms with E-state index < -0.39 is 0 Å². The van der Waals surface area contributed by atoms with Crippen LogP contribution in [-0.4, -0.2) is 35.2 Å². The number of carbonyl (C=O) groups is 1. The SMILES string of the molecule is C[C@@H](Cc1ccco1)NC(=O)c1nc(-c2ccc(N3CCCCC3)cc2)no1. The van der Waals surface area contributed by atoms with Crippen LogP contribution in [0.3, 0.4) is 0 Å². The molecule has 0 bridgehead atoms. The number of carbonyl (C=O) groups excluding carboxylic acids is 1. The van der Waals surface area contributed by atoms with Crippen molar-refractivity contribution >= 4 is 11.6 Å². The number of benzene rings is 1. The van der Waals surface area contributed by atoms with Gasteiger partial charge in [0.2, 0.25) is 5.82 Å². The third-order valence-corrected chi connectivity index (χ3v) is 4.93. The maximum atomic E-state index is 12.3. The standard InChI is InChI=1S/C21H24N4O3/c1-15(14-18-6-5-13-27-18)22-20(26)21-23-19(24-28-21)16-7-9-17(10-8-16)25-11-3-2-4-12-25/h5-10,13,15H,2-4,11-12,14H2,1H3,(H,22,26)/t15-/m0/s1. The van der Waals surface area contributed by atoms with Crippen molar-refractivity contribution in [2.24, 2.45) is 0 Å². The largest absolute Gasteiger partial charge is 0.469 e. The van der Waals surface area contributed by atoms with Gasteiger partial charge in [-0.2, -0.15) is 4.98 Å². The molecular weight excluding hydrogens is 356 g/mol. The van der Waals surface area contributed by atoms with Gasteiger partial charge in [-0.3, -0.25) is 4.79 Å². The molecule has 0 radical (unpaired) electrons. The van der Waals surface area contributed by atoms with Crippen LogP contribution < -0.4 is 10.2 Å². The summed E-state index contributed by atoms with van der Waals surface area (Å²) in [6, 6.07) is 11.7. The third-order valence-electron chi connectivity index (χ3n) is 4.93. The normalized spacial score (nSPS) is 15.4. The van der Waals surface area contributed by atoms with Crippen LogP contribution in [0.5, 0.6) is 0 Å². The molecule has 1 aromatic carbocycles. The monoisotopic (exact) mass is 380 g/mol. The number of furan rings is 1. The number of amides is 1. The lowest BCUT2D eigenvalue weighted by Gasteiger charge is -2.28. The molecule has 7 heteroatoms. The first-order valence-corrected chi connectivity index (χ1v) is 9.71. The molecule has 4 rings (SSSR count). The van der Waals surface area contributed by atoms with E-state index in [1.807, 2.05) is 31.2 Å². The van der Waals surface area contributed by atoms with Crippen LogP contribution in [-0.2, 0) is 6.42 Å². The van der Waals surface area contributed by atoms with Crippen LogP contribution in [0.1, 0.15) is 42.6 Å². The highest BCUT2D eigenvalue weighted by Crippen LogP contribution is 2.23. The van der Waals surface area contributed by atoms with Gasteiger partial charge in [0.1, 0.15) is 5.76 Å². The Morgan fingerprint density at radius 3 is 2.68 bits per heavy atom. The van der Waals surface area contributed by atoms with Gasteiger partial charge in [-0.1, -0.05) is 5.16 Å². The fraction of sp³-hybridized carbons (Fsp3) is 0.381. The number of anilines is 1. The summed E-state index contributed by atoms with van der Waals surface area (Å²) in [6.07, 6.45) is 6.00. The Hall–Kier alpha value is -3.09. The van der Waals surface area contributed by atoms with E-state index in [4.69, 9.17) is 8.94 Å². The number of hydrogen-bond donors (Lipinski definition) is 1. The maximum absolute atomic E-state index is 12.3. The fourth-order valence-corrected chi connectivity index (χ4v) is 3.47. The predicted molar refractivity (Wildman–Crippen MR) is 105 cm³/mol. The summed E-state index contributed by atoms with van der Waals surface area (Å²) in [5.74, 6) is 0.797. The lowest BCUT2D eigenvalue weighted by Crippen LogP contribution is -2.34. The highest BCUT2D eigenvalue weighted by atomic mass is 16.5. The van der Waals surface area contributed by atoms with Crippen LogP contribution in [0.15, 0.2) is 51.6 Å². The lowest BCUT2D eigenvalue weighted by molar-refractivity contribution is 0.0895. The fourth-order valence-electron chi connectivity index (χ4n) is 3.47. The van der Waals surface area contributed by atoms with Crippen LogP contribution >= 0.6 is 0 Å². The molecule has 7 nitrogen and oxygen atoms in total. The molecule has 146 valence electrons. The van der Waals surface area contributed by atoms with Crippen LogP contribution in [0.4, 0.5) is 5.69 Å². The van der Waals surface area contributed by atoms with Gasteiger partial charge >= 0.3 is 11.8 Å². The molecular formula is C21H24N4O3. The zero-order chi connectivity index (χ0) is 19.3. The van der Waals surface area contributed by atoms with Crippen molar-refractivity contribution in [2.75, 3.05) is 18.0 Å². The van der Waals surface area contributed by atoms with Crippen molar-refractivity contribution in [3.8, 4) is 11.4 Å². The van der Waals surface area contributed by atoms with E-state index in [1.165, 1.54) is 24.9 Å². The molecule has 0 aliphatic carbocycles. The van der Waals surface area contributed by atoms with Gasteiger partial charge in [0.25, 0.3) is 0 Å². The van der Waals surface area contributed by atoms with E-state index in [0.717, 1.165) is 24.4 Å². The Labute approximate surface area is 163 Å². The van der Waals surface area contributed by atoms with Gasteiger partial charge < -0.3 is 19.2 Å². The highest BCUT2D eigenvalue weighted by molar-refractivity contribution is 5.90. The lowest BCUT2D eigenvalue weighted by atomic mass is 10.1. The molecule has 0 saturated carbocycles. The second kappa shape index (κ2) is 8.29. The van der Waals surface area contributed by atoms with E-state index in [0.29, 0.717) is 12.2 Å². The van der Waals surface area contributed by atoms with E-state index in [-0.39, 0.29) is 17.8 Å². The first-order chi connectivity index (χ1) is 13.7. The minimum absolute atomic E-state index is 0.0404. The molecule has 1 aliphatic heterocycles. The van der Waals surface area contributed by atoms with Gasteiger partial charge in [-0.05, 0) is 62.6 Å². The minimum atomic E-state index is -0.386. The summed E-state index contributed by atoms with van der Waals surface area (Å²) in [5, 5.41) is 6.80. The van der Waals surface area contributed by atoms with E-state index in [1.54, 1.807) is 6.26 Å². The van der Waals surface area contributed by atoms with Crippen molar-refractivity contribution in [1.29, 1.82) is 0 Å². The molecule has 0 unspecified atom stereocenters. The predicted octanol–water partition coefficient (Wildman–Crippen LogP) is 3.68. The van der Waals surface area contributed by atoms with Gasteiger partial charge in [-0.15, -0.1) is 0 Å². The first-order valence-electron chi connectivity index (χ1n) is 9.71. The molecule has 2 aromatic heterocycles. The Balaban J connectivity index is 1.38. The minimum Gasteiger partial charge on any atom is -0.469 e. The Morgan fingerprint density at radius 1 is 1.18 bits per heavy atom. The van der Waals surface area contributed by atoms with E-state index in [9.17, 15) is 4.79 Å². The Bertz CT molecular complexity index is 896. The summed E-state index contributed by atoms with van der Waals surface area (Å²) in [5.41, 5.74) is 2.03. The molecule has 1 atom stereocenters. The van der Waals surface area contributed by atoms with Crippen LogP contribution in [0, 0.1) is 0 Å². The third kappa shape index (κ3) is 4.24. The number of hydrogen-bond acceptors (Lipinski definition) is 6. The maximum Gasteiger partial charge on any atom is 0.316 e. The zero-order valence-corrected chi connectivity index (χ0v) is 15.9. The summed E-state index contributed by atoms with van der Waals surface area (Å²) < 4.78 is 10.5. The second-order valence-corrected chi connectivity index (χ2v) is 7.18. The van der Waals surface area contributed by atoms with E-state index >= 15 is 0 Å². The van der Waals surface area contributed by atoms with Crippen LogP contribution in [0.2, 0.25) is 0 Å². The molecule has 1 N–H and O–H groups in total. The summed E-state index contributed by atoms with van der Waals surface area (Å²) in [7, 11) is 0. The average Bonchev–Trinajstić information content (AvgIpc) is 3.41. The summed E-state index contributed by atoms with van der Waals surface area (Å²) >= 11 is 0. The molecule has 1 amide bonds. The first kappa shape index (κ1) is 18.3. The van der Waals surface area contributed by atoms with Crippen molar-refractivity contribution in [2.45, 2.75) is 38.6 Å². The quantitative estimate of drug-likeness (QED) is 0.702. The van der Waals surface area contributed by atoms with Crippen molar-refractivity contribution < 1.29 is 13.7 Å². The molecule has 3 aromatic rings. The highest BCUT2D eigenvalue weighted by Gasteiger charge is 2.19. The summed E-state index contributed by atoms with van der Waals surface area (Å²) in [4.78, 5) is 19.0. The number of nitrogens with zero attached hydrogens (tertiary/aromatic N) is 3. The average molecular weight is 380 g/mol. The van der Waals surface area contributed by atoms with Crippen molar-refractivity contribution in [3.63, 3.8) is 0 Å². The summed E-state index contributed by atoms with van der Waals surface area (Å²) in [6.45, 7) is 4.10. The van der Waals surface area contributed by atoms with Gasteiger partial charge in [-0.25, -0.2) is 0 Å². The van der Waals surface area contributed by atoms with Crippen molar-refractivity contribution in [3.05, 3.63) is 54.3 Å². The molecule has 1 saturated heterocycles.